The first-order valence-corrected chi connectivity index (χ1v) is 9.98. The van der Waals surface area contributed by atoms with Gasteiger partial charge in [0.1, 0.15) is 0 Å². The Labute approximate surface area is 174 Å². The van der Waals surface area contributed by atoms with E-state index in [0.717, 1.165) is 54.6 Å². The van der Waals surface area contributed by atoms with Gasteiger partial charge in [0, 0.05) is 0 Å². The minimum atomic E-state index is -0.853. The number of carbonyl (C=O) groups is 2. The summed E-state index contributed by atoms with van der Waals surface area (Å²) in [6.45, 7) is 8.05. The maximum atomic E-state index is 11.4. The summed E-state index contributed by atoms with van der Waals surface area (Å²) in [5.41, 5.74) is 5.85. The second-order valence-corrected chi connectivity index (χ2v) is 8.27. The van der Waals surface area contributed by atoms with Crippen molar-refractivity contribution in [1.29, 1.82) is 0 Å². The summed E-state index contributed by atoms with van der Waals surface area (Å²) in [7, 11) is 0. The Kier molecular flexibility index (Phi) is 4.73. The Morgan fingerprint density at radius 3 is 1.10 bits per heavy atom. The van der Waals surface area contributed by atoms with Crippen LogP contribution in [-0.2, 0) is 22.4 Å². The fourth-order valence-electron chi connectivity index (χ4n) is 4.37. The van der Waals surface area contributed by atoms with Gasteiger partial charge in [-0.05, 0) is 106 Å². The van der Waals surface area contributed by atoms with E-state index in [0.29, 0.717) is 0 Å². The fraction of sp³-hybridized carbons (Fsp3) is 0.231. The Bertz CT molecular complexity index is 1330. The second kappa shape index (κ2) is 7.13. The molecule has 0 radical (unpaired) electrons. The summed E-state index contributed by atoms with van der Waals surface area (Å²) in [6, 6.07) is 12.5. The zero-order chi connectivity index (χ0) is 21.7. The molecule has 0 saturated heterocycles. The van der Waals surface area contributed by atoms with Crippen LogP contribution in [0.2, 0.25) is 0 Å². The number of hydrogen-bond acceptors (Lipinski definition) is 2. The van der Waals surface area contributed by atoms with Gasteiger partial charge in [-0.2, -0.15) is 0 Å². The van der Waals surface area contributed by atoms with E-state index >= 15 is 0 Å². The van der Waals surface area contributed by atoms with Gasteiger partial charge in [0.2, 0.25) is 0 Å². The van der Waals surface area contributed by atoms with Crippen LogP contribution in [0.4, 0.5) is 0 Å². The Hall–Kier alpha value is -3.40. The van der Waals surface area contributed by atoms with Gasteiger partial charge in [-0.15, -0.1) is 0 Å². The maximum absolute atomic E-state index is 11.4. The highest BCUT2D eigenvalue weighted by Crippen LogP contribution is 2.39. The average molecular weight is 400 g/mol. The number of benzene rings is 4. The number of fused-ring (bicyclic) bond motifs is 6. The van der Waals surface area contributed by atoms with Crippen molar-refractivity contribution in [3.05, 3.63) is 69.8 Å². The quantitative estimate of drug-likeness (QED) is 0.435. The highest BCUT2D eigenvalue weighted by Gasteiger charge is 2.16. The smallest absolute Gasteiger partial charge is 0.307 e. The molecular formula is C26H24O4. The van der Waals surface area contributed by atoms with Crippen LogP contribution in [0, 0.1) is 27.7 Å². The molecule has 2 N–H and O–H groups in total. The Morgan fingerprint density at radius 1 is 0.533 bits per heavy atom. The lowest BCUT2D eigenvalue weighted by Crippen LogP contribution is -2.03. The molecule has 4 heteroatoms. The van der Waals surface area contributed by atoms with Crippen molar-refractivity contribution >= 4 is 44.3 Å². The molecule has 4 aromatic rings. The molecule has 0 spiro atoms. The van der Waals surface area contributed by atoms with Crippen molar-refractivity contribution in [2.24, 2.45) is 0 Å². The van der Waals surface area contributed by atoms with Crippen LogP contribution in [0.15, 0.2) is 36.4 Å². The molecular weight excluding hydrogens is 376 g/mol. The minimum absolute atomic E-state index is 0.0235. The highest BCUT2D eigenvalue weighted by atomic mass is 16.4. The van der Waals surface area contributed by atoms with E-state index in [2.05, 4.69) is 32.0 Å². The fourth-order valence-corrected chi connectivity index (χ4v) is 4.37. The monoisotopic (exact) mass is 400 g/mol. The van der Waals surface area contributed by atoms with Crippen LogP contribution in [0.25, 0.3) is 32.3 Å². The summed E-state index contributed by atoms with van der Waals surface area (Å²) < 4.78 is 0. The Morgan fingerprint density at radius 2 is 0.800 bits per heavy atom. The third kappa shape index (κ3) is 3.28. The van der Waals surface area contributed by atoms with Crippen LogP contribution in [0.3, 0.4) is 0 Å². The predicted molar refractivity (Wildman–Crippen MR) is 121 cm³/mol. The van der Waals surface area contributed by atoms with Gasteiger partial charge >= 0.3 is 11.9 Å². The van der Waals surface area contributed by atoms with Crippen LogP contribution >= 0.6 is 0 Å². The van der Waals surface area contributed by atoms with Crippen molar-refractivity contribution < 1.29 is 19.8 Å². The predicted octanol–water partition coefficient (Wildman–Crippen LogP) is 5.63. The van der Waals surface area contributed by atoms with Crippen molar-refractivity contribution in [3.8, 4) is 0 Å². The number of aliphatic carboxylic acids is 2. The molecule has 0 aliphatic rings. The molecule has 152 valence electrons. The van der Waals surface area contributed by atoms with Crippen LogP contribution in [0.5, 0.6) is 0 Å². The molecule has 4 aromatic carbocycles. The maximum Gasteiger partial charge on any atom is 0.307 e. The van der Waals surface area contributed by atoms with E-state index in [-0.39, 0.29) is 12.8 Å². The third-order valence-electron chi connectivity index (χ3n) is 6.14. The van der Waals surface area contributed by atoms with E-state index in [4.69, 9.17) is 0 Å². The summed E-state index contributed by atoms with van der Waals surface area (Å²) >= 11 is 0. The van der Waals surface area contributed by atoms with Crippen molar-refractivity contribution in [3.63, 3.8) is 0 Å². The second-order valence-electron chi connectivity index (χ2n) is 8.27. The molecule has 0 unspecified atom stereocenters. The molecule has 0 bridgehead atoms. The van der Waals surface area contributed by atoms with E-state index in [1.54, 1.807) is 0 Å². The first-order chi connectivity index (χ1) is 14.2. The zero-order valence-corrected chi connectivity index (χ0v) is 17.6. The zero-order valence-electron chi connectivity index (χ0n) is 17.6. The lowest BCUT2D eigenvalue weighted by Gasteiger charge is -2.17. The number of carboxylic acids is 2. The van der Waals surface area contributed by atoms with Crippen LogP contribution in [0.1, 0.15) is 33.4 Å². The van der Waals surface area contributed by atoms with Gasteiger partial charge in [-0.1, -0.05) is 24.3 Å². The topological polar surface area (TPSA) is 74.6 Å². The standard InChI is InChI=1S/C26H24O4/c1-13-5-19-20(6-14(13)2)23-9-17(11-25(27)28)16(4)8-22(23)24-10-18(12-26(29)30)15(3)7-21(19)24/h5-10H,11-12H2,1-4H3,(H,27,28)(H,29,30). The summed E-state index contributed by atoms with van der Waals surface area (Å²) in [6.07, 6.45) is -0.0470. The number of hydrogen-bond donors (Lipinski definition) is 2. The first kappa shape index (κ1) is 19.9. The lowest BCUT2D eigenvalue weighted by atomic mass is 9.87. The molecule has 0 aromatic heterocycles. The van der Waals surface area contributed by atoms with Crippen molar-refractivity contribution in [1.82, 2.24) is 0 Å². The molecule has 0 fully saturated rings. The van der Waals surface area contributed by atoms with Gasteiger partial charge in [0.15, 0.2) is 0 Å². The third-order valence-corrected chi connectivity index (χ3v) is 6.14. The largest absolute Gasteiger partial charge is 0.481 e. The molecule has 4 rings (SSSR count). The van der Waals surface area contributed by atoms with Crippen molar-refractivity contribution in [2.45, 2.75) is 40.5 Å². The molecule has 30 heavy (non-hydrogen) atoms. The molecule has 0 aliphatic carbocycles. The van der Waals surface area contributed by atoms with Crippen LogP contribution < -0.4 is 0 Å². The highest BCUT2D eigenvalue weighted by molar-refractivity contribution is 6.26. The van der Waals surface area contributed by atoms with Crippen LogP contribution in [-0.4, -0.2) is 22.2 Å². The van der Waals surface area contributed by atoms with Gasteiger partial charge in [0.05, 0.1) is 12.8 Å². The van der Waals surface area contributed by atoms with Gasteiger partial charge in [0.25, 0.3) is 0 Å². The molecule has 0 heterocycles. The minimum Gasteiger partial charge on any atom is -0.481 e. The van der Waals surface area contributed by atoms with E-state index in [9.17, 15) is 19.8 Å². The average Bonchev–Trinajstić information content (AvgIpc) is 2.65. The number of rotatable bonds is 4. The summed E-state index contributed by atoms with van der Waals surface area (Å²) in [5, 5.41) is 25.0. The van der Waals surface area contributed by atoms with E-state index < -0.39 is 11.9 Å². The molecule has 4 nitrogen and oxygen atoms in total. The first-order valence-electron chi connectivity index (χ1n) is 9.98. The molecule has 0 amide bonds. The summed E-state index contributed by atoms with van der Waals surface area (Å²) in [5.74, 6) is -1.71. The number of carboxylic acid groups (broad SMARTS) is 2. The lowest BCUT2D eigenvalue weighted by molar-refractivity contribution is -0.137. The van der Waals surface area contributed by atoms with Gasteiger partial charge < -0.3 is 10.2 Å². The Balaban J connectivity index is 2.22. The van der Waals surface area contributed by atoms with Gasteiger partial charge in [-0.3, -0.25) is 9.59 Å². The summed E-state index contributed by atoms with van der Waals surface area (Å²) in [4.78, 5) is 22.7. The van der Waals surface area contributed by atoms with Crippen molar-refractivity contribution in [2.75, 3.05) is 0 Å². The van der Waals surface area contributed by atoms with E-state index in [1.165, 1.54) is 11.1 Å². The normalized spacial score (nSPS) is 11.5. The molecule has 0 aliphatic heterocycles. The molecule has 0 saturated carbocycles. The molecule has 0 atom stereocenters. The SMILES string of the molecule is Cc1cc2c(cc1C)c1cc(CC(=O)O)c(C)cc1c1cc(CC(=O)O)c(C)cc21. The number of aryl methyl sites for hydroxylation is 4. The van der Waals surface area contributed by atoms with Gasteiger partial charge in [-0.25, -0.2) is 0 Å². The van der Waals surface area contributed by atoms with E-state index in [1.807, 2.05) is 32.0 Å².